The smallest absolute Gasteiger partial charge is 0.343 e. The minimum absolute atomic E-state index is 0.0205. The molecule has 70 valence electrons. The molecule has 2 rings (SSSR count). The summed E-state index contributed by atoms with van der Waals surface area (Å²) in [5.41, 5.74) is 0.456. The van der Waals surface area contributed by atoms with Gasteiger partial charge in [0.25, 0.3) is 0 Å². The fourth-order valence-corrected chi connectivity index (χ4v) is 5.47. The molecule has 0 aromatic carbocycles. The van der Waals surface area contributed by atoms with E-state index in [0.29, 0.717) is 5.54 Å². The van der Waals surface area contributed by atoms with Crippen LogP contribution in [0.3, 0.4) is 0 Å². The van der Waals surface area contributed by atoms with Gasteiger partial charge in [0.1, 0.15) is 0 Å². The number of aliphatic hydroxyl groups is 1. The molecule has 2 saturated heterocycles. The third kappa shape index (κ3) is 1.14. The molecule has 3 unspecified atom stereocenters. The lowest BCUT2D eigenvalue weighted by atomic mass is 10.2. The van der Waals surface area contributed by atoms with Crippen LogP contribution < -0.4 is 0 Å². The molecule has 0 saturated carbocycles. The summed E-state index contributed by atoms with van der Waals surface area (Å²) in [6.45, 7) is 4.26. The highest BCUT2D eigenvalue weighted by Gasteiger charge is 2.54. The summed E-state index contributed by atoms with van der Waals surface area (Å²) < 4.78 is 11.4. The van der Waals surface area contributed by atoms with Crippen molar-refractivity contribution in [2.75, 3.05) is 0 Å². The predicted molar refractivity (Wildman–Crippen MR) is 46.9 cm³/mol. The molecule has 0 spiro atoms. The second-order valence-corrected chi connectivity index (χ2v) is 7.77. The molecule has 2 aliphatic heterocycles. The molecule has 2 heterocycles. The maximum absolute atomic E-state index is 9.50. The Labute approximate surface area is 73.9 Å². The lowest BCUT2D eigenvalue weighted by Crippen LogP contribution is -2.42. The first-order valence-electron chi connectivity index (χ1n) is 4.68. The zero-order chi connectivity index (χ0) is 8.77. The first-order valence-corrected chi connectivity index (χ1v) is 6.78. The van der Waals surface area contributed by atoms with E-state index < -0.39 is 14.9 Å². The maximum Gasteiger partial charge on any atom is 0.343 e. The van der Waals surface area contributed by atoms with Gasteiger partial charge in [-0.1, -0.05) is 13.8 Å². The van der Waals surface area contributed by atoms with Crippen LogP contribution in [0, 0.1) is 0 Å². The van der Waals surface area contributed by atoms with Crippen LogP contribution in [-0.4, -0.2) is 26.1 Å². The van der Waals surface area contributed by atoms with Gasteiger partial charge in [0.2, 0.25) is 0 Å². The summed E-state index contributed by atoms with van der Waals surface area (Å²) in [5, 5.41) is 9.50. The number of hydrogen-bond acceptors (Lipinski definition) is 3. The number of fused-ring (bicyclic) bond motifs is 2. The molecule has 12 heavy (non-hydrogen) atoms. The number of rotatable bonds is 1. The summed E-state index contributed by atoms with van der Waals surface area (Å²) in [4.78, 5) is 0. The van der Waals surface area contributed by atoms with E-state index in [2.05, 4.69) is 13.8 Å². The molecule has 2 fully saturated rings. The molecule has 2 aliphatic rings. The molecule has 0 radical (unpaired) electrons. The Morgan fingerprint density at radius 1 is 1.42 bits per heavy atom. The number of aliphatic hydroxyl groups excluding tert-OH is 1. The van der Waals surface area contributed by atoms with Gasteiger partial charge in [0.05, 0.1) is 6.10 Å². The summed E-state index contributed by atoms with van der Waals surface area (Å²) in [6, 6.07) is 1.05. The summed E-state index contributed by atoms with van der Waals surface area (Å²) in [5.74, 6) is 0. The van der Waals surface area contributed by atoms with Crippen molar-refractivity contribution in [3.8, 4) is 0 Å². The fraction of sp³-hybridized carbons (Fsp3) is 1.00. The fourth-order valence-electron chi connectivity index (χ4n) is 2.05. The number of hydrogen-bond donors (Lipinski definition) is 1. The summed E-state index contributed by atoms with van der Waals surface area (Å²) in [7, 11) is -1.97. The molecule has 0 aromatic rings. The van der Waals surface area contributed by atoms with E-state index in [-0.39, 0.29) is 6.10 Å². The summed E-state index contributed by atoms with van der Waals surface area (Å²) >= 11 is 0. The van der Waals surface area contributed by atoms with Crippen molar-refractivity contribution in [1.82, 2.24) is 0 Å². The normalized spacial score (nSPS) is 47.0. The van der Waals surface area contributed by atoms with Crippen LogP contribution in [0.25, 0.3) is 0 Å². The Bertz CT molecular complexity index is 181. The monoisotopic (exact) mass is 188 g/mol. The van der Waals surface area contributed by atoms with Crippen molar-refractivity contribution in [2.24, 2.45) is 0 Å². The van der Waals surface area contributed by atoms with Crippen LogP contribution in [0.1, 0.15) is 26.7 Å². The topological polar surface area (TPSA) is 38.7 Å². The van der Waals surface area contributed by atoms with Gasteiger partial charge >= 0.3 is 8.56 Å². The molecule has 0 aromatic heterocycles. The lowest BCUT2D eigenvalue weighted by Gasteiger charge is -2.30. The van der Waals surface area contributed by atoms with Crippen molar-refractivity contribution in [2.45, 2.75) is 50.7 Å². The second-order valence-electron chi connectivity index (χ2n) is 4.02. The molecule has 0 aliphatic carbocycles. The first-order chi connectivity index (χ1) is 5.64. The zero-order valence-corrected chi connectivity index (χ0v) is 8.62. The second kappa shape index (κ2) is 2.80. The highest BCUT2D eigenvalue weighted by atomic mass is 28.4. The van der Waals surface area contributed by atoms with Crippen LogP contribution >= 0.6 is 0 Å². The third-order valence-electron chi connectivity index (χ3n) is 2.88. The van der Waals surface area contributed by atoms with E-state index in [1.54, 1.807) is 0 Å². The van der Waals surface area contributed by atoms with Gasteiger partial charge in [-0.2, -0.15) is 0 Å². The van der Waals surface area contributed by atoms with Crippen LogP contribution in [0.4, 0.5) is 0 Å². The van der Waals surface area contributed by atoms with Gasteiger partial charge in [-0.15, -0.1) is 0 Å². The zero-order valence-electron chi connectivity index (χ0n) is 7.62. The molecule has 3 nitrogen and oxygen atoms in total. The lowest BCUT2D eigenvalue weighted by molar-refractivity contribution is -0.0403. The van der Waals surface area contributed by atoms with Crippen LogP contribution in [0.5, 0.6) is 0 Å². The highest BCUT2D eigenvalue weighted by Crippen LogP contribution is 2.42. The molecule has 0 amide bonds. The van der Waals surface area contributed by atoms with Crippen molar-refractivity contribution in [3.63, 3.8) is 0 Å². The minimum Gasteiger partial charge on any atom is -0.386 e. The van der Waals surface area contributed by atoms with Gasteiger partial charge < -0.3 is 14.0 Å². The van der Waals surface area contributed by atoms with Crippen LogP contribution in [-0.2, 0) is 8.85 Å². The van der Waals surface area contributed by atoms with Crippen molar-refractivity contribution in [1.29, 1.82) is 0 Å². The molecule has 3 atom stereocenters. The van der Waals surface area contributed by atoms with E-state index in [9.17, 15) is 5.11 Å². The quantitative estimate of drug-likeness (QED) is 0.632. The van der Waals surface area contributed by atoms with Gasteiger partial charge in [-0.3, -0.25) is 0 Å². The van der Waals surface area contributed by atoms with Crippen LogP contribution in [0.15, 0.2) is 0 Å². The average molecular weight is 188 g/mol. The molecular weight excluding hydrogens is 172 g/mol. The first kappa shape index (κ1) is 8.68. The summed E-state index contributed by atoms with van der Waals surface area (Å²) in [6.07, 6.45) is 1.46. The SMILES string of the molecule is CC(C)[Si]12CCCC(O1)C(O)O2. The van der Waals surface area contributed by atoms with Gasteiger partial charge in [-0.25, -0.2) is 0 Å². The highest BCUT2D eigenvalue weighted by molar-refractivity contribution is 6.69. The Hall–Kier alpha value is 0.0969. The van der Waals surface area contributed by atoms with Crippen molar-refractivity contribution < 1.29 is 14.0 Å². The molecule has 4 heteroatoms. The molecule has 1 N–H and O–H groups in total. The largest absolute Gasteiger partial charge is 0.386 e. The Balaban J connectivity index is 2.17. The van der Waals surface area contributed by atoms with E-state index in [0.717, 1.165) is 18.9 Å². The van der Waals surface area contributed by atoms with Crippen molar-refractivity contribution in [3.05, 3.63) is 0 Å². The van der Waals surface area contributed by atoms with E-state index in [1.165, 1.54) is 0 Å². The van der Waals surface area contributed by atoms with E-state index in [4.69, 9.17) is 8.85 Å². The van der Waals surface area contributed by atoms with Gasteiger partial charge in [0, 0.05) is 0 Å². The Kier molecular flexibility index (Phi) is 2.03. The molecular formula is C8H16O3Si. The molecule has 2 bridgehead atoms. The third-order valence-corrected chi connectivity index (χ3v) is 7.03. The maximum atomic E-state index is 9.50. The standard InChI is InChI=1S/C8H16O3Si/c1-6(2)12-5-3-4-7(10-12)8(9)11-12/h6-9H,3-5H2,1-2H3. The van der Waals surface area contributed by atoms with E-state index >= 15 is 0 Å². The van der Waals surface area contributed by atoms with Gasteiger partial charge in [0.15, 0.2) is 6.29 Å². The Morgan fingerprint density at radius 2 is 2.17 bits per heavy atom. The minimum atomic E-state index is -1.97. The van der Waals surface area contributed by atoms with E-state index in [1.807, 2.05) is 0 Å². The average Bonchev–Trinajstić information content (AvgIpc) is 2.25. The van der Waals surface area contributed by atoms with Gasteiger partial charge in [-0.05, 0) is 24.4 Å². The van der Waals surface area contributed by atoms with Crippen molar-refractivity contribution >= 4 is 8.56 Å². The van der Waals surface area contributed by atoms with Crippen LogP contribution in [0.2, 0.25) is 11.6 Å². The Morgan fingerprint density at radius 3 is 2.75 bits per heavy atom. The predicted octanol–water partition coefficient (Wildman–Crippen LogP) is 1.37.